The molecule has 70 valence electrons. The minimum absolute atomic E-state index is 0.0255. The molecule has 0 radical (unpaired) electrons. The Balaban J connectivity index is 2.09. The average molecular weight is 180 g/mol. The maximum Gasteiger partial charge on any atom is 0.220 e. The number of nitrogens with one attached hydrogen (secondary N) is 2. The first-order valence-electron chi connectivity index (χ1n) is 4.51. The van der Waals surface area contributed by atoms with Crippen LogP contribution in [0, 0.1) is 0 Å². The zero-order chi connectivity index (χ0) is 9.10. The number of hydrogen-bond acceptors (Lipinski definition) is 3. The summed E-state index contributed by atoms with van der Waals surface area (Å²) in [4.78, 5) is 15.3. The Morgan fingerprint density at radius 2 is 2.38 bits per heavy atom. The number of aromatic amines is 1. The maximum atomic E-state index is 11.2. The van der Waals surface area contributed by atoms with Crippen LogP contribution in [0.4, 0.5) is 0 Å². The number of nitrogens with zero attached hydrogens (tertiary/aromatic N) is 2. The van der Waals surface area contributed by atoms with E-state index in [0.29, 0.717) is 6.42 Å². The first-order chi connectivity index (χ1) is 6.36. The molecule has 1 aliphatic rings. The van der Waals surface area contributed by atoms with Crippen LogP contribution in [-0.4, -0.2) is 21.1 Å². The van der Waals surface area contributed by atoms with Gasteiger partial charge in [0, 0.05) is 6.42 Å². The van der Waals surface area contributed by atoms with E-state index in [4.69, 9.17) is 0 Å². The van der Waals surface area contributed by atoms with Crippen LogP contribution in [0.3, 0.4) is 0 Å². The van der Waals surface area contributed by atoms with Gasteiger partial charge in [-0.05, 0) is 12.8 Å². The van der Waals surface area contributed by atoms with Crippen LogP contribution in [0.2, 0.25) is 0 Å². The standard InChI is InChI=1S/C8H12N4O/c13-7-4-2-1-3-6(11-7)8-9-5-10-12-8/h5-6H,1-4H2,(H,11,13)(H,9,10,12). The Morgan fingerprint density at radius 1 is 1.46 bits per heavy atom. The summed E-state index contributed by atoms with van der Waals surface area (Å²) in [6.07, 6.45) is 5.07. The second-order valence-electron chi connectivity index (χ2n) is 3.24. The van der Waals surface area contributed by atoms with Crippen molar-refractivity contribution in [3.8, 4) is 0 Å². The van der Waals surface area contributed by atoms with Gasteiger partial charge in [-0.2, -0.15) is 5.10 Å². The molecule has 1 aromatic heterocycles. The van der Waals surface area contributed by atoms with Gasteiger partial charge in [0.25, 0.3) is 0 Å². The van der Waals surface area contributed by atoms with Crippen LogP contribution >= 0.6 is 0 Å². The summed E-state index contributed by atoms with van der Waals surface area (Å²) in [6, 6.07) is 0.0255. The largest absolute Gasteiger partial charge is 0.346 e. The van der Waals surface area contributed by atoms with Gasteiger partial charge in [-0.3, -0.25) is 9.89 Å². The molecule has 0 aromatic carbocycles. The molecule has 0 bridgehead atoms. The normalized spacial score (nSPS) is 23.7. The molecule has 0 aliphatic carbocycles. The second-order valence-corrected chi connectivity index (χ2v) is 3.24. The lowest BCUT2D eigenvalue weighted by Crippen LogP contribution is -2.26. The number of carbonyl (C=O) groups excluding carboxylic acids is 1. The molecule has 5 heteroatoms. The van der Waals surface area contributed by atoms with Gasteiger partial charge in [0.05, 0.1) is 6.04 Å². The SMILES string of the molecule is O=C1CCCCC(c2ncn[nH]2)N1. The zero-order valence-corrected chi connectivity index (χ0v) is 7.29. The third-order valence-electron chi connectivity index (χ3n) is 2.25. The van der Waals surface area contributed by atoms with Crippen molar-refractivity contribution in [2.75, 3.05) is 0 Å². The van der Waals surface area contributed by atoms with Crippen LogP contribution in [0.15, 0.2) is 6.33 Å². The third kappa shape index (κ3) is 1.85. The second kappa shape index (κ2) is 3.55. The van der Waals surface area contributed by atoms with Gasteiger partial charge in [0.15, 0.2) is 0 Å². The number of H-pyrrole nitrogens is 1. The molecule has 5 nitrogen and oxygen atoms in total. The van der Waals surface area contributed by atoms with Crippen molar-refractivity contribution in [2.45, 2.75) is 31.7 Å². The molecule has 2 heterocycles. The molecule has 0 saturated carbocycles. The molecular formula is C8H12N4O. The highest BCUT2D eigenvalue weighted by Crippen LogP contribution is 2.19. The van der Waals surface area contributed by atoms with Crippen molar-refractivity contribution in [3.05, 3.63) is 12.2 Å². The van der Waals surface area contributed by atoms with Crippen molar-refractivity contribution in [1.29, 1.82) is 0 Å². The molecule has 13 heavy (non-hydrogen) atoms. The van der Waals surface area contributed by atoms with Crippen LogP contribution in [0.5, 0.6) is 0 Å². The van der Waals surface area contributed by atoms with E-state index < -0.39 is 0 Å². The monoisotopic (exact) mass is 180 g/mol. The number of amides is 1. The quantitative estimate of drug-likeness (QED) is 0.662. The molecule has 1 aromatic rings. The average Bonchev–Trinajstić information content (AvgIpc) is 2.56. The van der Waals surface area contributed by atoms with E-state index >= 15 is 0 Å². The topological polar surface area (TPSA) is 70.7 Å². The van der Waals surface area contributed by atoms with E-state index in [9.17, 15) is 4.79 Å². The summed E-state index contributed by atoms with van der Waals surface area (Å²) in [5, 5.41) is 9.45. The van der Waals surface area contributed by atoms with Gasteiger partial charge < -0.3 is 5.32 Å². The van der Waals surface area contributed by atoms with E-state index in [1.807, 2.05) is 0 Å². The van der Waals surface area contributed by atoms with Gasteiger partial charge in [0.2, 0.25) is 5.91 Å². The smallest absolute Gasteiger partial charge is 0.220 e. The van der Waals surface area contributed by atoms with E-state index in [2.05, 4.69) is 20.5 Å². The van der Waals surface area contributed by atoms with Crippen LogP contribution < -0.4 is 5.32 Å². The summed E-state index contributed by atoms with van der Waals surface area (Å²) < 4.78 is 0. The molecule has 1 unspecified atom stereocenters. The minimum atomic E-state index is 0.0255. The number of hydrogen-bond donors (Lipinski definition) is 2. The summed E-state index contributed by atoms with van der Waals surface area (Å²) in [6.45, 7) is 0. The maximum absolute atomic E-state index is 11.2. The highest BCUT2D eigenvalue weighted by Gasteiger charge is 2.19. The predicted octanol–water partition coefficient (Wildman–Crippen LogP) is 0.536. The Kier molecular flexibility index (Phi) is 2.25. The van der Waals surface area contributed by atoms with Gasteiger partial charge >= 0.3 is 0 Å². The molecule has 2 N–H and O–H groups in total. The summed E-state index contributed by atoms with van der Waals surface area (Å²) in [5.74, 6) is 0.870. The Bertz CT molecular complexity index is 282. The molecule has 1 fully saturated rings. The molecule has 1 amide bonds. The van der Waals surface area contributed by atoms with Crippen molar-refractivity contribution >= 4 is 5.91 Å². The van der Waals surface area contributed by atoms with Crippen LogP contribution in [0.25, 0.3) is 0 Å². The fraction of sp³-hybridized carbons (Fsp3) is 0.625. The van der Waals surface area contributed by atoms with Gasteiger partial charge in [-0.1, -0.05) is 6.42 Å². The lowest BCUT2D eigenvalue weighted by atomic mass is 10.1. The summed E-state index contributed by atoms with van der Waals surface area (Å²) in [7, 11) is 0. The Morgan fingerprint density at radius 3 is 3.15 bits per heavy atom. The van der Waals surface area contributed by atoms with E-state index in [0.717, 1.165) is 25.1 Å². The van der Waals surface area contributed by atoms with Gasteiger partial charge in [-0.15, -0.1) is 0 Å². The first-order valence-corrected chi connectivity index (χ1v) is 4.51. The fourth-order valence-corrected chi connectivity index (χ4v) is 1.56. The fourth-order valence-electron chi connectivity index (χ4n) is 1.56. The Hall–Kier alpha value is -1.39. The number of rotatable bonds is 1. The number of carbonyl (C=O) groups is 1. The highest BCUT2D eigenvalue weighted by atomic mass is 16.1. The zero-order valence-electron chi connectivity index (χ0n) is 7.29. The summed E-state index contributed by atoms with van der Waals surface area (Å²) in [5.41, 5.74) is 0. The van der Waals surface area contributed by atoms with Gasteiger partial charge in [0.1, 0.15) is 12.2 Å². The third-order valence-corrected chi connectivity index (χ3v) is 2.25. The highest BCUT2D eigenvalue weighted by molar-refractivity contribution is 5.76. The van der Waals surface area contributed by atoms with E-state index in [-0.39, 0.29) is 11.9 Å². The molecule has 1 saturated heterocycles. The lowest BCUT2D eigenvalue weighted by molar-refractivity contribution is -0.121. The first kappa shape index (κ1) is 8.22. The molecule has 2 rings (SSSR count). The van der Waals surface area contributed by atoms with Crippen molar-refractivity contribution in [1.82, 2.24) is 20.5 Å². The number of aromatic nitrogens is 3. The molecule has 0 spiro atoms. The molecule has 1 atom stereocenters. The van der Waals surface area contributed by atoms with Crippen molar-refractivity contribution in [2.24, 2.45) is 0 Å². The van der Waals surface area contributed by atoms with Crippen LogP contribution in [0.1, 0.15) is 37.5 Å². The van der Waals surface area contributed by atoms with Crippen molar-refractivity contribution < 1.29 is 4.79 Å². The molecule has 1 aliphatic heterocycles. The predicted molar refractivity (Wildman–Crippen MR) is 45.7 cm³/mol. The lowest BCUT2D eigenvalue weighted by Gasteiger charge is -2.11. The Labute approximate surface area is 75.9 Å². The van der Waals surface area contributed by atoms with Gasteiger partial charge in [-0.25, -0.2) is 4.98 Å². The summed E-state index contributed by atoms with van der Waals surface area (Å²) >= 11 is 0. The van der Waals surface area contributed by atoms with Crippen LogP contribution in [-0.2, 0) is 4.79 Å². The van der Waals surface area contributed by atoms with E-state index in [1.54, 1.807) is 0 Å². The minimum Gasteiger partial charge on any atom is -0.346 e. The molecular weight excluding hydrogens is 168 g/mol. The van der Waals surface area contributed by atoms with E-state index in [1.165, 1.54) is 6.33 Å². The van der Waals surface area contributed by atoms with Crippen molar-refractivity contribution in [3.63, 3.8) is 0 Å².